The Labute approximate surface area is 207 Å². The van der Waals surface area contributed by atoms with E-state index < -0.39 is 0 Å². The van der Waals surface area contributed by atoms with E-state index in [-0.39, 0.29) is 29.4 Å². The van der Waals surface area contributed by atoms with Crippen molar-refractivity contribution in [2.45, 2.75) is 44.6 Å². The fourth-order valence-corrected chi connectivity index (χ4v) is 5.68. The van der Waals surface area contributed by atoms with Gasteiger partial charge in [0.1, 0.15) is 35.7 Å². The second kappa shape index (κ2) is 10.2. The Hall–Kier alpha value is -3.18. The maximum atomic E-state index is 10.2. The summed E-state index contributed by atoms with van der Waals surface area (Å²) in [6.07, 6.45) is 1.99. The Kier molecular flexibility index (Phi) is 6.87. The Balaban J connectivity index is 1.39. The predicted molar refractivity (Wildman–Crippen MR) is 138 cm³/mol. The molecule has 5 heteroatoms. The zero-order valence-corrected chi connectivity index (χ0v) is 20.6. The van der Waals surface area contributed by atoms with Gasteiger partial charge in [-0.3, -0.25) is 4.90 Å². The Bertz CT molecular complexity index is 1130. The van der Waals surface area contributed by atoms with Crippen LogP contribution in [0.4, 0.5) is 0 Å². The molecule has 2 N–H and O–H groups in total. The van der Waals surface area contributed by atoms with Crippen LogP contribution >= 0.6 is 0 Å². The molecule has 0 aromatic heterocycles. The lowest BCUT2D eigenvalue weighted by Crippen LogP contribution is -2.28. The summed E-state index contributed by atoms with van der Waals surface area (Å²) >= 11 is 0. The number of aromatic hydroxyl groups is 2. The largest absolute Gasteiger partial charge is 0.508 e. The van der Waals surface area contributed by atoms with Crippen molar-refractivity contribution in [3.05, 3.63) is 83.4 Å². The van der Waals surface area contributed by atoms with Gasteiger partial charge in [-0.05, 0) is 84.8 Å². The Morgan fingerprint density at radius 2 is 1.66 bits per heavy atom. The van der Waals surface area contributed by atoms with Gasteiger partial charge in [-0.15, -0.1) is 0 Å². The summed E-state index contributed by atoms with van der Waals surface area (Å²) in [6.45, 7) is 8.46. The van der Waals surface area contributed by atoms with Crippen LogP contribution in [-0.2, 0) is 0 Å². The average molecular weight is 474 g/mol. The van der Waals surface area contributed by atoms with Gasteiger partial charge < -0.3 is 19.7 Å². The van der Waals surface area contributed by atoms with Gasteiger partial charge in [-0.25, -0.2) is 0 Å². The monoisotopic (exact) mass is 473 g/mol. The summed E-state index contributed by atoms with van der Waals surface area (Å²) < 4.78 is 12.6. The molecule has 2 heterocycles. The van der Waals surface area contributed by atoms with Crippen molar-refractivity contribution >= 4 is 0 Å². The van der Waals surface area contributed by atoms with Gasteiger partial charge in [0.05, 0.1) is 0 Å². The van der Waals surface area contributed by atoms with Crippen molar-refractivity contribution in [3.8, 4) is 23.0 Å². The molecule has 2 aliphatic rings. The van der Waals surface area contributed by atoms with Gasteiger partial charge >= 0.3 is 0 Å². The lowest BCUT2D eigenvalue weighted by atomic mass is 9.73. The second-order valence-electron chi connectivity index (χ2n) is 10.0. The number of benzene rings is 3. The normalized spacial score (nSPS) is 24.1. The van der Waals surface area contributed by atoms with Gasteiger partial charge in [0.2, 0.25) is 0 Å². The lowest BCUT2D eigenvalue weighted by molar-refractivity contribution is 0.131. The molecular formula is C30H35NO4. The van der Waals surface area contributed by atoms with Gasteiger partial charge in [0.25, 0.3) is 0 Å². The molecule has 1 saturated heterocycles. The fourth-order valence-electron chi connectivity index (χ4n) is 5.68. The third-order valence-corrected chi connectivity index (χ3v) is 7.52. The number of rotatable bonds is 7. The van der Waals surface area contributed by atoms with Crippen LogP contribution in [0.25, 0.3) is 0 Å². The van der Waals surface area contributed by atoms with Gasteiger partial charge in [-0.1, -0.05) is 38.1 Å². The SMILES string of the molecule is CC[C@H]1c2cc(O)ccc2O[C@H](c2ccc(OCCN3CC[C@@H](C)C3)cc2)[C@@H]1c1ccc(O)cc1. The van der Waals surface area contributed by atoms with Gasteiger partial charge in [0, 0.05) is 24.6 Å². The van der Waals surface area contributed by atoms with Crippen molar-refractivity contribution in [1.82, 2.24) is 4.90 Å². The number of ether oxygens (including phenoxy) is 2. The molecule has 5 rings (SSSR count). The van der Waals surface area contributed by atoms with Gasteiger partial charge in [-0.2, -0.15) is 0 Å². The van der Waals surface area contributed by atoms with Crippen molar-refractivity contribution in [3.63, 3.8) is 0 Å². The number of nitrogens with zero attached hydrogens (tertiary/aromatic N) is 1. The Morgan fingerprint density at radius 3 is 2.34 bits per heavy atom. The summed E-state index contributed by atoms with van der Waals surface area (Å²) in [5.74, 6) is 3.17. The quantitative estimate of drug-likeness (QED) is 0.426. The van der Waals surface area contributed by atoms with Crippen molar-refractivity contribution in [2.75, 3.05) is 26.2 Å². The van der Waals surface area contributed by atoms with E-state index >= 15 is 0 Å². The maximum absolute atomic E-state index is 10.2. The topological polar surface area (TPSA) is 62.2 Å². The molecule has 0 aliphatic carbocycles. The molecule has 0 spiro atoms. The minimum atomic E-state index is -0.193. The van der Waals surface area contributed by atoms with Crippen LogP contribution in [0.1, 0.15) is 61.3 Å². The highest BCUT2D eigenvalue weighted by molar-refractivity contribution is 5.48. The number of phenolic OH excluding ortho intramolecular Hbond substituents is 2. The highest BCUT2D eigenvalue weighted by Crippen LogP contribution is 2.53. The van der Waals surface area contributed by atoms with Crippen LogP contribution < -0.4 is 9.47 Å². The van der Waals surface area contributed by atoms with Crippen molar-refractivity contribution in [2.24, 2.45) is 5.92 Å². The first-order valence-corrected chi connectivity index (χ1v) is 12.8. The molecule has 3 aromatic carbocycles. The average Bonchev–Trinajstić information content (AvgIpc) is 3.29. The first kappa shape index (κ1) is 23.6. The third-order valence-electron chi connectivity index (χ3n) is 7.52. The van der Waals surface area contributed by atoms with E-state index in [1.165, 1.54) is 13.0 Å². The molecule has 0 unspecified atom stereocenters. The van der Waals surface area contributed by atoms with Crippen LogP contribution in [-0.4, -0.2) is 41.4 Å². The molecule has 2 aliphatic heterocycles. The Morgan fingerprint density at radius 1 is 0.943 bits per heavy atom. The van der Waals surface area contributed by atoms with Crippen LogP contribution in [0.5, 0.6) is 23.0 Å². The smallest absolute Gasteiger partial charge is 0.131 e. The minimum absolute atomic E-state index is 0.0406. The third kappa shape index (κ3) is 5.10. The molecule has 0 bridgehead atoms. The number of hydrogen-bond donors (Lipinski definition) is 2. The molecule has 1 fully saturated rings. The van der Waals surface area contributed by atoms with E-state index in [9.17, 15) is 10.2 Å². The first-order chi connectivity index (χ1) is 17.0. The minimum Gasteiger partial charge on any atom is -0.508 e. The highest BCUT2D eigenvalue weighted by atomic mass is 16.5. The standard InChI is InChI=1S/C30H35NO4/c1-3-26-27-18-24(33)10-13-28(27)35-30(29(26)21-4-8-23(32)9-5-21)22-6-11-25(12-7-22)34-17-16-31-15-14-20(2)19-31/h4-13,18,20,26,29-30,32-33H,3,14-17,19H2,1-2H3/t20-,26+,29-,30-/m1/s1. The number of likely N-dealkylation sites (tertiary alicyclic amines) is 1. The molecule has 4 atom stereocenters. The predicted octanol–water partition coefficient (Wildman–Crippen LogP) is 6.23. The number of fused-ring (bicyclic) bond motifs is 1. The van der Waals surface area contributed by atoms with E-state index in [0.717, 1.165) is 53.6 Å². The molecule has 5 nitrogen and oxygen atoms in total. The number of phenols is 2. The summed E-state index contributed by atoms with van der Waals surface area (Å²) in [4.78, 5) is 2.47. The molecule has 35 heavy (non-hydrogen) atoms. The lowest BCUT2D eigenvalue weighted by Gasteiger charge is -2.40. The van der Waals surface area contributed by atoms with Crippen LogP contribution in [0.3, 0.4) is 0 Å². The van der Waals surface area contributed by atoms with Crippen molar-refractivity contribution in [1.29, 1.82) is 0 Å². The van der Waals surface area contributed by atoms with E-state index in [0.29, 0.717) is 6.61 Å². The maximum Gasteiger partial charge on any atom is 0.131 e. The summed E-state index contributed by atoms with van der Waals surface area (Å²) in [6, 6.07) is 21.1. The van der Waals surface area contributed by atoms with Crippen molar-refractivity contribution < 1.29 is 19.7 Å². The number of hydrogen-bond acceptors (Lipinski definition) is 5. The van der Waals surface area contributed by atoms with E-state index in [1.54, 1.807) is 18.2 Å². The molecule has 0 radical (unpaired) electrons. The zero-order chi connectivity index (χ0) is 24.4. The fraction of sp³-hybridized carbons (Fsp3) is 0.400. The summed E-state index contributed by atoms with van der Waals surface area (Å²) in [5, 5.41) is 20.0. The van der Waals surface area contributed by atoms with E-state index in [1.807, 2.05) is 36.4 Å². The summed E-state index contributed by atoms with van der Waals surface area (Å²) in [7, 11) is 0. The second-order valence-corrected chi connectivity index (χ2v) is 10.0. The molecule has 0 saturated carbocycles. The summed E-state index contributed by atoms with van der Waals surface area (Å²) in [5.41, 5.74) is 3.22. The van der Waals surface area contributed by atoms with E-state index in [4.69, 9.17) is 9.47 Å². The molecule has 3 aromatic rings. The molecule has 0 amide bonds. The first-order valence-electron chi connectivity index (χ1n) is 12.8. The van der Waals surface area contributed by atoms with E-state index in [2.05, 4.69) is 30.9 Å². The molecule has 184 valence electrons. The van der Waals surface area contributed by atoms with Crippen LogP contribution in [0.15, 0.2) is 66.7 Å². The zero-order valence-electron chi connectivity index (χ0n) is 20.6. The van der Waals surface area contributed by atoms with Crippen LogP contribution in [0.2, 0.25) is 0 Å². The van der Waals surface area contributed by atoms with Crippen LogP contribution in [0, 0.1) is 5.92 Å². The highest BCUT2D eigenvalue weighted by Gasteiger charge is 2.39. The van der Waals surface area contributed by atoms with Gasteiger partial charge in [0.15, 0.2) is 0 Å². The molecular weight excluding hydrogens is 438 g/mol.